The van der Waals surface area contributed by atoms with Gasteiger partial charge in [0.25, 0.3) is 5.24 Å². The van der Waals surface area contributed by atoms with Crippen LogP contribution >= 0.6 is 11.8 Å². The molecule has 26 heavy (non-hydrogen) atoms. The number of nitrogens with zero attached hydrogens (tertiary/aromatic N) is 2. The predicted molar refractivity (Wildman–Crippen MR) is 101 cm³/mol. The van der Waals surface area contributed by atoms with Gasteiger partial charge in [-0.15, -0.1) is 0 Å². The van der Waals surface area contributed by atoms with E-state index in [1.165, 1.54) is 0 Å². The summed E-state index contributed by atoms with van der Waals surface area (Å²) in [6.45, 7) is 0.702. The Balaban J connectivity index is 1.61. The minimum atomic E-state index is -0.458. The highest BCUT2D eigenvalue weighted by Gasteiger charge is 2.31. The smallest absolute Gasteiger partial charge is 0.287 e. The number of nitrogens with one attached hydrogen (secondary N) is 1. The van der Waals surface area contributed by atoms with Crippen molar-refractivity contribution in [3.63, 3.8) is 0 Å². The molecule has 1 saturated heterocycles. The normalized spacial score (nSPS) is 16.7. The Morgan fingerprint density at radius 3 is 2.62 bits per heavy atom. The van der Waals surface area contributed by atoms with Gasteiger partial charge in [-0.1, -0.05) is 24.3 Å². The molecule has 0 saturated carbocycles. The maximum atomic E-state index is 11.9. The maximum absolute atomic E-state index is 11.9. The second kappa shape index (κ2) is 6.70. The second-order valence-corrected chi connectivity index (χ2v) is 7.19. The van der Waals surface area contributed by atoms with Crippen LogP contribution in [-0.2, 0) is 17.8 Å². The molecule has 1 amide bonds. The average Bonchev–Trinajstić information content (AvgIpc) is 3.19. The molecule has 128 valence electrons. The van der Waals surface area contributed by atoms with Crippen molar-refractivity contribution in [3.05, 3.63) is 71.4 Å². The molecule has 3 aromatic rings. The molecule has 1 unspecified atom stereocenters. The highest BCUT2D eigenvalue weighted by Crippen LogP contribution is 2.25. The summed E-state index contributed by atoms with van der Waals surface area (Å²) in [5, 5.41) is 12.3. The summed E-state index contributed by atoms with van der Waals surface area (Å²) in [5.74, 6) is 0. The van der Waals surface area contributed by atoms with E-state index in [0.29, 0.717) is 18.5 Å². The van der Waals surface area contributed by atoms with Crippen molar-refractivity contribution in [2.24, 2.45) is 0 Å². The van der Waals surface area contributed by atoms with Crippen molar-refractivity contribution in [1.29, 1.82) is 5.26 Å². The van der Waals surface area contributed by atoms with E-state index < -0.39 is 6.04 Å². The lowest BCUT2D eigenvalue weighted by Crippen LogP contribution is -2.30. The highest BCUT2D eigenvalue weighted by molar-refractivity contribution is 8.26. The summed E-state index contributed by atoms with van der Waals surface area (Å²) >= 11 is 0.746. The fourth-order valence-corrected chi connectivity index (χ4v) is 3.90. The Labute approximate surface area is 154 Å². The Morgan fingerprint density at radius 2 is 1.92 bits per heavy atom. The Hall–Kier alpha value is -3.04. The first-order valence-corrected chi connectivity index (χ1v) is 9.03. The molecule has 1 aliphatic rings. The van der Waals surface area contributed by atoms with E-state index in [9.17, 15) is 9.59 Å². The van der Waals surface area contributed by atoms with Gasteiger partial charge in [0.15, 0.2) is 0 Å². The molecule has 0 bridgehead atoms. The molecule has 0 aliphatic carbocycles. The number of hydrogen-bond acceptors (Lipinski definition) is 4. The average molecular weight is 361 g/mol. The maximum Gasteiger partial charge on any atom is 0.287 e. The van der Waals surface area contributed by atoms with Crippen molar-refractivity contribution in [3.8, 4) is 6.07 Å². The number of carbonyl (C=O) groups is 2. The summed E-state index contributed by atoms with van der Waals surface area (Å²) in [6.07, 6.45) is 2.52. The van der Waals surface area contributed by atoms with Gasteiger partial charge in [-0.3, -0.25) is 9.59 Å². The molecule has 1 fully saturated rings. The van der Waals surface area contributed by atoms with Gasteiger partial charge in [0.2, 0.25) is 5.12 Å². The molecule has 4 rings (SSSR count). The van der Waals surface area contributed by atoms with Crippen LogP contribution < -0.4 is 5.32 Å². The number of rotatable bonds is 4. The Bertz CT molecular complexity index is 1050. The third-order valence-electron chi connectivity index (χ3n) is 4.53. The molecule has 6 heteroatoms. The van der Waals surface area contributed by atoms with Gasteiger partial charge in [0.05, 0.1) is 11.6 Å². The SMILES string of the molecule is N#Cc1ccc(Cn2ccc3c(CC4NC(=O)SC4=O)cccc32)cc1. The molecule has 2 heterocycles. The summed E-state index contributed by atoms with van der Waals surface area (Å²) in [4.78, 5) is 23.3. The summed E-state index contributed by atoms with van der Waals surface area (Å²) in [5.41, 5.74) is 3.88. The molecule has 0 radical (unpaired) electrons. The van der Waals surface area contributed by atoms with Crippen LogP contribution in [0.15, 0.2) is 54.7 Å². The molecule has 0 spiro atoms. The zero-order valence-electron chi connectivity index (χ0n) is 13.8. The number of fused-ring (bicyclic) bond motifs is 1. The summed E-state index contributed by atoms with van der Waals surface area (Å²) in [7, 11) is 0. The number of benzene rings is 2. The monoisotopic (exact) mass is 361 g/mol. The van der Waals surface area contributed by atoms with E-state index in [4.69, 9.17) is 5.26 Å². The van der Waals surface area contributed by atoms with Crippen molar-refractivity contribution in [2.45, 2.75) is 19.0 Å². The van der Waals surface area contributed by atoms with E-state index in [2.05, 4.69) is 16.0 Å². The number of thioether (sulfide) groups is 1. The molecular formula is C20H15N3O2S. The fourth-order valence-electron chi connectivity index (χ4n) is 3.23. The van der Waals surface area contributed by atoms with Gasteiger partial charge >= 0.3 is 0 Å². The first kappa shape index (κ1) is 16.4. The van der Waals surface area contributed by atoms with E-state index in [1.54, 1.807) is 0 Å². The highest BCUT2D eigenvalue weighted by atomic mass is 32.2. The molecule has 1 atom stereocenters. The van der Waals surface area contributed by atoms with Crippen LogP contribution in [0, 0.1) is 11.3 Å². The van der Waals surface area contributed by atoms with E-state index in [0.717, 1.165) is 33.8 Å². The topological polar surface area (TPSA) is 74.9 Å². The number of nitriles is 1. The lowest BCUT2D eigenvalue weighted by Gasteiger charge is -2.10. The zero-order valence-corrected chi connectivity index (χ0v) is 14.6. The van der Waals surface area contributed by atoms with Gasteiger partial charge in [0.1, 0.15) is 6.04 Å². The van der Waals surface area contributed by atoms with Crippen LogP contribution in [0.2, 0.25) is 0 Å². The quantitative estimate of drug-likeness (QED) is 0.772. The van der Waals surface area contributed by atoms with Crippen LogP contribution in [0.3, 0.4) is 0 Å². The number of hydrogen-bond donors (Lipinski definition) is 1. The minimum Gasteiger partial charge on any atom is -0.343 e. The standard InChI is InChI=1S/C20H15N3O2S/c21-11-13-4-6-14(7-5-13)12-23-9-8-16-15(2-1-3-18(16)23)10-17-19(24)26-20(25)22-17/h1-9,17H,10,12H2,(H,22,25). The van der Waals surface area contributed by atoms with Crippen molar-refractivity contribution >= 4 is 33.0 Å². The lowest BCUT2D eigenvalue weighted by molar-refractivity contribution is -0.112. The van der Waals surface area contributed by atoms with Gasteiger partial charge < -0.3 is 9.88 Å². The predicted octanol–water partition coefficient (Wildman–Crippen LogP) is 3.46. The largest absolute Gasteiger partial charge is 0.343 e. The number of carbonyl (C=O) groups excluding carboxylic acids is 2. The first-order chi connectivity index (χ1) is 12.6. The fraction of sp³-hybridized carbons (Fsp3) is 0.150. The van der Waals surface area contributed by atoms with Crippen LogP contribution in [0.5, 0.6) is 0 Å². The second-order valence-electron chi connectivity index (χ2n) is 6.21. The van der Waals surface area contributed by atoms with Crippen molar-refractivity contribution in [1.82, 2.24) is 9.88 Å². The molecule has 1 aliphatic heterocycles. The molecule has 2 aromatic carbocycles. The van der Waals surface area contributed by atoms with Gasteiger partial charge in [-0.05, 0) is 35.4 Å². The van der Waals surface area contributed by atoms with E-state index in [-0.39, 0.29) is 10.4 Å². The third-order valence-corrected chi connectivity index (χ3v) is 5.32. The van der Waals surface area contributed by atoms with Crippen LogP contribution in [0.1, 0.15) is 16.7 Å². The minimum absolute atomic E-state index is 0.121. The Morgan fingerprint density at radius 1 is 1.12 bits per heavy atom. The van der Waals surface area contributed by atoms with Crippen LogP contribution in [0.25, 0.3) is 10.9 Å². The third kappa shape index (κ3) is 3.09. The molecular weight excluding hydrogens is 346 g/mol. The van der Waals surface area contributed by atoms with Gasteiger partial charge in [0, 0.05) is 41.8 Å². The number of aromatic nitrogens is 1. The summed E-state index contributed by atoms with van der Waals surface area (Å²) < 4.78 is 2.14. The van der Waals surface area contributed by atoms with Gasteiger partial charge in [-0.25, -0.2) is 0 Å². The van der Waals surface area contributed by atoms with Crippen LogP contribution in [-0.4, -0.2) is 21.0 Å². The lowest BCUT2D eigenvalue weighted by atomic mass is 10.0. The number of amides is 1. The van der Waals surface area contributed by atoms with Crippen molar-refractivity contribution in [2.75, 3.05) is 0 Å². The zero-order chi connectivity index (χ0) is 18.1. The molecule has 1 N–H and O–H groups in total. The van der Waals surface area contributed by atoms with Gasteiger partial charge in [-0.2, -0.15) is 5.26 Å². The van der Waals surface area contributed by atoms with E-state index >= 15 is 0 Å². The first-order valence-electron chi connectivity index (χ1n) is 8.22. The van der Waals surface area contributed by atoms with Crippen LogP contribution in [0.4, 0.5) is 4.79 Å². The molecule has 1 aromatic heterocycles. The Kier molecular flexibility index (Phi) is 4.23. The van der Waals surface area contributed by atoms with E-state index in [1.807, 2.05) is 54.7 Å². The summed E-state index contributed by atoms with van der Waals surface area (Å²) in [6, 6.07) is 17.3. The molecule has 5 nitrogen and oxygen atoms in total. The van der Waals surface area contributed by atoms with Crippen molar-refractivity contribution < 1.29 is 9.59 Å².